The molecule has 2 heterocycles. The highest BCUT2D eigenvalue weighted by Gasteiger charge is 2.17. The number of hydrogen-bond acceptors (Lipinski definition) is 4. The van der Waals surface area contributed by atoms with E-state index < -0.39 is 0 Å². The molecule has 0 radical (unpaired) electrons. The number of aromatic nitrogens is 1. The first-order valence-corrected chi connectivity index (χ1v) is 7.50. The summed E-state index contributed by atoms with van der Waals surface area (Å²) in [6.45, 7) is 10.2. The minimum atomic E-state index is 0.860. The monoisotopic (exact) mass is 253 g/mol. The van der Waals surface area contributed by atoms with E-state index in [0.717, 1.165) is 24.7 Å². The molecule has 0 atom stereocenters. The third kappa shape index (κ3) is 4.05. The number of piperidine rings is 1. The van der Waals surface area contributed by atoms with Gasteiger partial charge in [0.05, 0.1) is 0 Å². The molecule has 1 saturated heterocycles. The number of nitrogens with one attached hydrogen (secondary N) is 1. The molecule has 0 amide bonds. The van der Waals surface area contributed by atoms with Crippen LogP contribution in [0.25, 0.3) is 0 Å². The highest BCUT2D eigenvalue weighted by molar-refractivity contribution is 7.09. The Balaban J connectivity index is 1.63. The fourth-order valence-electron chi connectivity index (χ4n) is 2.37. The molecule has 0 saturated carbocycles. The maximum atomic E-state index is 4.47. The second kappa shape index (κ2) is 6.47. The van der Waals surface area contributed by atoms with Gasteiger partial charge in [-0.1, -0.05) is 6.92 Å². The Morgan fingerprint density at radius 2 is 2.24 bits per heavy atom. The smallest absolute Gasteiger partial charge is 0.107 e. The Hall–Kier alpha value is -0.450. The molecule has 2 rings (SSSR count). The standard InChI is InChI=1S/C13H23N3S/c1-3-16-6-4-12(5-7-16)8-14-9-13-15-11(2)10-17-13/h10,12,14H,3-9H2,1-2H3. The fraction of sp³-hybridized carbons (Fsp3) is 0.769. The van der Waals surface area contributed by atoms with E-state index in [1.54, 1.807) is 11.3 Å². The van der Waals surface area contributed by atoms with E-state index in [2.05, 4.69) is 34.4 Å². The van der Waals surface area contributed by atoms with Gasteiger partial charge in [0.25, 0.3) is 0 Å². The van der Waals surface area contributed by atoms with Crippen LogP contribution in [0.2, 0.25) is 0 Å². The molecule has 0 aromatic carbocycles. The predicted molar refractivity (Wildman–Crippen MR) is 73.4 cm³/mol. The molecule has 96 valence electrons. The van der Waals surface area contributed by atoms with Gasteiger partial charge in [-0.05, 0) is 51.9 Å². The quantitative estimate of drug-likeness (QED) is 0.872. The van der Waals surface area contributed by atoms with Crippen LogP contribution in [0.3, 0.4) is 0 Å². The van der Waals surface area contributed by atoms with E-state index in [1.165, 1.54) is 37.5 Å². The number of rotatable bonds is 5. The van der Waals surface area contributed by atoms with Crippen molar-refractivity contribution >= 4 is 11.3 Å². The summed E-state index contributed by atoms with van der Waals surface area (Å²) < 4.78 is 0. The lowest BCUT2D eigenvalue weighted by molar-refractivity contribution is 0.190. The molecule has 1 aromatic rings. The summed E-state index contributed by atoms with van der Waals surface area (Å²) in [4.78, 5) is 7.01. The third-order valence-electron chi connectivity index (χ3n) is 3.53. The summed E-state index contributed by atoms with van der Waals surface area (Å²) in [7, 11) is 0. The van der Waals surface area contributed by atoms with Crippen LogP contribution in [0.4, 0.5) is 0 Å². The van der Waals surface area contributed by atoms with Gasteiger partial charge in [-0.25, -0.2) is 4.98 Å². The van der Waals surface area contributed by atoms with Crippen molar-refractivity contribution < 1.29 is 0 Å². The van der Waals surface area contributed by atoms with Crippen LogP contribution in [0.1, 0.15) is 30.5 Å². The summed E-state index contributed by atoms with van der Waals surface area (Å²) in [5, 5.41) is 6.88. The fourth-order valence-corrected chi connectivity index (χ4v) is 3.12. The maximum absolute atomic E-state index is 4.47. The van der Waals surface area contributed by atoms with Gasteiger partial charge < -0.3 is 10.2 Å². The number of hydrogen-bond donors (Lipinski definition) is 1. The zero-order valence-corrected chi connectivity index (χ0v) is 11.7. The summed E-state index contributed by atoms with van der Waals surface area (Å²) in [5.41, 5.74) is 1.14. The average molecular weight is 253 g/mol. The van der Waals surface area contributed by atoms with E-state index >= 15 is 0 Å². The van der Waals surface area contributed by atoms with Crippen LogP contribution < -0.4 is 5.32 Å². The first-order chi connectivity index (χ1) is 8.28. The SMILES string of the molecule is CCN1CCC(CNCc2nc(C)cs2)CC1. The lowest BCUT2D eigenvalue weighted by Gasteiger charge is -2.31. The lowest BCUT2D eigenvalue weighted by atomic mass is 9.97. The number of aryl methyl sites for hydroxylation is 1. The van der Waals surface area contributed by atoms with Gasteiger partial charge in [0.15, 0.2) is 0 Å². The molecular formula is C13H23N3S. The van der Waals surface area contributed by atoms with Crippen LogP contribution in [-0.2, 0) is 6.54 Å². The Kier molecular flexibility index (Phi) is 4.95. The molecule has 3 nitrogen and oxygen atoms in total. The van der Waals surface area contributed by atoms with E-state index in [0.29, 0.717) is 0 Å². The summed E-state index contributed by atoms with van der Waals surface area (Å²) >= 11 is 1.76. The zero-order valence-electron chi connectivity index (χ0n) is 10.9. The van der Waals surface area contributed by atoms with Crippen LogP contribution in [0.15, 0.2) is 5.38 Å². The first kappa shape index (κ1) is 13.0. The second-order valence-corrected chi connectivity index (χ2v) is 5.83. The molecule has 0 unspecified atom stereocenters. The molecule has 1 N–H and O–H groups in total. The van der Waals surface area contributed by atoms with Crippen molar-refractivity contribution in [3.8, 4) is 0 Å². The molecule has 0 bridgehead atoms. The van der Waals surface area contributed by atoms with Crippen molar-refractivity contribution in [1.29, 1.82) is 0 Å². The average Bonchev–Trinajstić information content (AvgIpc) is 2.76. The van der Waals surface area contributed by atoms with Gasteiger partial charge in [0.2, 0.25) is 0 Å². The Morgan fingerprint density at radius 3 is 2.82 bits per heavy atom. The van der Waals surface area contributed by atoms with E-state index in [1.807, 2.05) is 0 Å². The minimum Gasteiger partial charge on any atom is -0.310 e. The molecule has 1 aromatic heterocycles. The van der Waals surface area contributed by atoms with Crippen molar-refractivity contribution in [2.75, 3.05) is 26.2 Å². The van der Waals surface area contributed by atoms with E-state index in [4.69, 9.17) is 0 Å². The normalized spacial score (nSPS) is 18.7. The van der Waals surface area contributed by atoms with Crippen molar-refractivity contribution in [3.05, 3.63) is 16.1 Å². The predicted octanol–water partition coefficient (Wildman–Crippen LogP) is 2.27. The van der Waals surface area contributed by atoms with Gasteiger partial charge >= 0.3 is 0 Å². The van der Waals surface area contributed by atoms with Crippen molar-refractivity contribution in [3.63, 3.8) is 0 Å². The molecule has 1 aliphatic rings. The van der Waals surface area contributed by atoms with Gasteiger partial charge in [-0.15, -0.1) is 11.3 Å². The van der Waals surface area contributed by atoms with Gasteiger partial charge in [-0.2, -0.15) is 0 Å². The summed E-state index contributed by atoms with van der Waals surface area (Å²) in [6, 6.07) is 0. The molecule has 0 aliphatic carbocycles. The summed E-state index contributed by atoms with van der Waals surface area (Å²) in [5.74, 6) is 0.860. The van der Waals surface area contributed by atoms with Crippen molar-refractivity contribution in [2.24, 2.45) is 5.92 Å². The summed E-state index contributed by atoms with van der Waals surface area (Å²) in [6.07, 6.45) is 2.69. The Morgan fingerprint density at radius 1 is 1.47 bits per heavy atom. The highest BCUT2D eigenvalue weighted by atomic mass is 32.1. The second-order valence-electron chi connectivity index (χ2n) is 4.89. The molecule has 1 aliphatic heterocycles. The van der Waals surface area contributed by atoms with Crippen molar-refractivity contribution in [2.45, 2.75) is 33.2 Å². The Labute approximate surface area is 108 Å². The number of thiazole rings is 1. The van der Waals surface area contributed by atoms with Crippen molar-refractivity contribution in [1.82, 2.24) is 15.2 Å². The maximum Gasteiger partial charge on any atom is 0.107 e. The number of nitrogens with zero attached hydrogens (tertiary/aromatic N) is 2. The number of likely N-dealkylation sites (tertiary alicyclic amines) is 1. The molecule has 0 spiro atoms. The zero-order chi connectivity index (χ0) is 12.1. The third-order valence-corrected chi connectivity index (χ3v) is 4.50. The molecule has 4 heteroatoms. The van der Waals surface area contributed by atoms with Crippen LogP contribution in [0, 0.1) is 12.8 Å². The van der Waals surface area contributed by atoms with E-state index in [9.17, 15) is 0 Å². The van der Waals surface area contributed by atoms with Crippen LogP contribution in [0.5, 0.6) is 0 Å². The van der Waals surface area contributed by atoms with Gasteiger partial charge in [0, 0.05) is 17.6 Å². The van der Waals surface area contributed by atoms with Crippen LogP contribution in [-0.4, -0.2) is 36.1 Å². The molecule has 1 fully saturated rings. The topological polar surface area (TPSA) is 28.2 Å². The van der Waals surface area contributed by atoms with Gasteiger partial charge in [0.1, 0.15) is 5.01 Å². The largest absolute Gasteiger partial charge is 0.310 e. The van der Waals surface area contributed by atoms with Gasteiger partial charge in [-0.3, -0.25) is 0 Å². The first-order valence-electron chi connectivity index (χ1n) is 6.62. The molecular weight excluding hydrogens is 230 g/mol. The highest BCUT2D eigenvalue weighted by Crippen LogP contribution is 2.16. The lowest BCUT2D eigenvalue weighted by Crippen LogP contribution is -2.36. The van der Waals surface area contributed by atoms with Crippen LogP contribution >= 0.6 is 11.3 Å². The molecule has 17 heavy (non-hydrogen) atoms. The Bertz CT molecular complexity index is 329. The minimum absolute atomic E-state index is 0.860. The van der Waals surface area contributed by atoms with E-state index in [-0.39, 0.29) is 0 Å².